The Morgan fingerprint density at radius 2 is 1.58 bits per heavy atom. The molecule has 0 fully saturated rings. The minimum Gasteiger partial charge on any atom is -0.423 e. The predicted octanol–water partition coefficient (Wildman–Crippen LogP) is 1.66. The first-order chi connectivity index (χ1) is 12.2. The van der Waals surface area contributed by atoms with Crippen molar-refractivity contribution in [2.75, 3.05) is 19.0 Å². The van der Waals surface area contributed by atoms with E-state index in [1.807, 2.05) is 0 Å². The van der Waals surface area contributed by atoms with Gasteiger partial charge in [-0.3, -0.25) is 20.2 Å². The lowest BCUT2D eigenvalue weighted by Gasteiger charge is -2.14. The lowest BCUT2D eigenvalue weighted by atomic mass is 9.79. The molecule has 2 rings (SSSR count). The van der Waals surface area contributed by atoms with Gasteiger partial charge in [0.1, 0.15) is 0 Å². The van der Waals surface area contributed by atoms with Crippen LogP contribution >= 0.6 is 0 Å². The molecule has 0 atom stereocenters. The zero-order valence-electron chi connectivity index (χ0n) is 13.8. The number of nitro groups is 2. The molecular formula is C14H14BN5O6. The van der Waals surface area contributed by atoms with E-state index in [-0.39, 0.29) is 16.8 Å². The fourth-order valence-corrected chi connectivity index (χ4v) is 2.08. The molecule has 0 unspecified atom stereocenters. The summed E-state index contributed by atoms with van der Waals surface area (Å²) < 4.78 is 0. The smallest absolute Gasteiger partial charge is 0.423 e. The van der Waals surface area contributed by atoms with Crippen molar-refractivity contribution in [2.45, 2.75) is 0 Å². The van der Waals surface area contributed by atoms with E-state index in [9.17, 15) is 30.3 Å². The summed E-state index contributed by atoms with van der Waals surface area (Å²) in [6.45, 7) is 0. The number of azo groups is 1. The first-order valence-electron chi connectivity index (χ1n) is 7.22. The van der Waals surface area contributed by atoms with Crippen LogP contribution in [-0.2, 0) is 0 Å². The number of non-ortho nitro benzene ring substituents is 1. The van der Waals surface area contributed by atoms with Gasteiger partial charge in [-0.2, -0.15) is 5.11 Å². The molecule has 0 bridgehead atoms. The number of rotatable bonds is 6. The summed E-state index contributed by atoms with van der Waals surface area (Å²) >= 11 is 0. The van der Waals surface area contributed by atoms with Gasteiger partial charge in [0.25, 0.3) is 5.69 Å². The lowest BCUT2D eigenvalue weighted by molar-refractivity contribution is -0.393. The van der Waals surface area contributed by atoms with Crippen LogP contribution in [-0.4, -0.2) is 41.1 Å². The van der Waals surface area contributed by atoms with E-state index in [0.717, 1.165) is 18.2 Å². The van der Waals surface area contributed by atoms with Crippen LogP contribution in [0.4, 0.5) is 28.4 Å². The van der Waals surface area contributed by atoms with Crippen LogP contribution in [0.15, 0.2) is 46.6 Å². The molecular weight excluding hydrogens is 345 g/mol. The fraction of sp³-hybridized carbons (Fsp3) is 0.143. The maximum atomic E-state index is 11.1. The van der Waals surface area contributed by atoms with E-state index < -0.39 is 28.3 Å². The molecule has 2 aromatic carbocycles. The molecule has 2 N–H and O–H groups in total. The third-order valence-electron chi connectivity index (χ3n) is 3.44. The normalized spacial score (nSPS) is 10.8. The maximum Gasteiger partial charge on any atom is 0.490 e. The van der Waals surface area contributed by atoms with Gasteiger partial charge < -0.3 is 14.9 Å². The fourth-order valence-electron chi connectivity index (χ4n) is 2.08. The summed E-state index contributed by atoms with van der Waals surface area (Å²) in [6.07, 6.45) is 0. The molecule has 11 nitrogen and oxygen atoms in total. The van der Waals surface area contributed by atoms with Crippen LogP contribution < -0.4 is 10.4 Å². The molecule has 0 aromatic heterocycles. The van der Waals surface area contributed by atoms with E-state index in [1.54, 1.807) is 25.1 Å². The number of anilines is 1. The molecule has 0 aliphatic carbocycles. The van der Waals surface area contributed by atoms with Crippen LogP contribution in [0, 0.1) is 20.2 Å². The van der Waals surface area contributed by atoms with Gasteiger partial charge >= 0.3 is 12.8 Å². The van der Waals surface area contributed by atoms with Crippen LogP contribution in [0.1, 0.15) is 0 Å². The topological polar surface area (TPSA) is 155 Å². The van der Waals surface area contributed by atoms with Crippen molar-refractivity contribution in [2.24, 2.45) is 10.2 Å². The summed E-state index contributed by atoms with van der Waals surface area (Å²) in [6, 6.07) is 7.57. The first-order valence-corrected chi connectivity index (χ1v) is 7.22. The van der Waals surface area contributed by atoms with Gasteiger partial charge in [0.2, 0.25) is 0 Å². The Bertz CT molecular complexity index is 886. The summed E-state index contributed by atoms with van der Waals surface area (Å²) in [5.41, 5.74) is -0.386. The number of nitro benzene ring substituents is 2. The zero-order valence-corrected chi connectivity index (χ0v) is 13.8. The van der Waals surface area contributed by atoms with Gasteiger partial charge in [-0.05, 0) is 24.3 Å². The van der Waals surface area contributed by atoms with Crippen molar-refractivity contribution in [1.82, 2.24) is 0 Å². The van der Waals surface area contributed by atoms with E-state index in [2.05, 4.69) is 10.2 Å². The summed E-state index contributed by atoms with van der Waals surface area (Å²) in [7, 11) is 1.71. The molecule has 0 spiro atoms. The van der Waals surface area contributed by atoms with E-state index >= 15 is 0 Å². The number of nitrogens with zero attached hydrogens (tertiary/aromatic N) is 5. The van der Waals surface area contributed by atoms with E-state index in [4.69, 9.17) is 0 Å². The summed E-state index contributed by atoms with van der Waals surface area (Å²) in [5, 5.41) is 48.4. The molecule has 2 aromatic rings. The highest BCUT2D eigenvalue weighted by Crippen LogP contribution is 2.32. The number of hydrogen-bond acceptors (Lipinski definition) is 9. The lowest BCUT2D eigenvalue weighted by Crippen LogP contribution is -2.30. The molecule has 0 saturated carbocycles. The molecule has 0 saturated heterocycles. The average Bonchev–Trinajstić information content (AvgIpc) is 2.59. The third-order valence-corrected chi connectivity index (χ3v) is 3.44. The molecule has 26 heavy (non-hydrogen) atoms. The number of benzene rings is 2. The average molecular weight is 359 g/mol. The first kappa shape index (κ1) is 19.0. The van der Waals surface area contributed by atoms with Crippen molar-refractivity contribution in [3.8, 4) is 0 Å². The largest absolute Gasteiger partial charge is 0.490 e. The van der Waals surface area contributed by atoms with Crippen LogP contribution in [0.3, 0.4) is 0 Å². The number of hydrogen-bond donors (Lipinski definition) is 2. The molecule has 0 aliphatic heterocycles. The van der Waals surface area contributed by atoms with Crippen LogP contribution in [0.2, 0.25) is 0 Å². The van der Waals surface area contributed by atoms with Crippen molar-refractivity contribution in [1.29, 1.82) is 0 Å². The Kier molecular flexibility index (Phi) is 5.59. The predicted molar refractivity (Wildman–Crippen MR) is 94.5 cm³/mol. The Morgan fingerprint density at radius 3 is 2.12 bits per heavy atom. The molecule has 0 radical (unpaired) electrons. The highest BCUT2D eigenvalue weighted by Gasteiger charge is 2.21. The highest BCUT2D eigenvalue weighted by atomic mass is 16.6. The maximum absolute atomic E-state index is 11.1. The van der Waals surface area contributed by atoms with Crippen LogP contribution in [0.25, 0.3) is 0 Å². The second-order valence-corrected chi connectivity index (χ2v) is 5.40. The SMILES string of the molecule is CN(C)c1ccc(N=Nc2ccc([N+](=O)[O-])cc2[N+](=O)[O-])c(B(O)O)c1. The molecule has 12 heteroatoms. The standard InChI is InChI=1S/C14H14BN5O6/c1-18(2)9-3-5-12(11(7-9)15(21)22)16-17-13-6-4-10(19(23)24)8-14(13)20(25)26/h3-8,21-22H,1-2H3. The molecule has 134 valence electrons. The quantitative estimate of drug-likeness (QED) is 0.344. The van der Waals surface area contributed by atoms with Gasteiger partial charge in [-0.1, -0.05) is 0 Å². The van der Waals surface area contributed by atoms with E-state index in [1.165, 1.54) is 12.1 Å². The molecule has 0 heterocycles. The zero-order chi connectivity index (χ0) is 19.4. The van der Waals surface area contributed by atoms with Gasteiger partial charge in [0, 0.05) is 31.3 Å². The third kappa shape index (κ3) is 4.17. The molecule has 0 aliphatic rings. The summed E-state index contributed by atoms with van der Waals surface area (Å²) in [4.78, 5) is 22.0. The Balaban J connectivity index is 2.47. The second-order valence-electron chi connectivity index (χ2n) is 5.40. The van der Waals surface area contributed by atoms with Crippen molar-refractivity contribution >= 4 is 41.0 Å². The van der Waals surface area contributed by atoms with Gasteiger partial charge in [-0.15, -0.1) is 5.11 Å². The minimum atomic E-state index is -1.82. The highest BCUT2D eigenvalue weighted by molar-refractivity contribution is 6.60. The van der Waals surface area contributed by atoms with Crippen molar-refractivity contribution in [3.05, 3.63) is 56.6 Å². The Hall–Kier alpha value is -3.38. The second kappa shape index (κ2) is 7.67. The van der Waals surface area contributed by atoms with Crippen molar-refractivity contribution < 1.29 is 19.9 Å². The van der Waals surface area contributed by atoms with Gasteiger partial charge in [0.15, 0.2) is 5.69 Å². The summed E-state index contributed by atoms with van der Waals surface area (Å²) in [5.74, 6) is 0. The Labute approximate surface area is 147 Å². The monoisotopic (exact) mass is 359 g/mol. The van der Waals surface area contributed by atoms with E-state index in [0.29, 0.717) is 5.69 Å². The minimum absolute atomic E-state index is 0.0597. The van der Waals surface area contributed by atoms with Crippen molar-refractivity contribution in [3.63, 3.8) is 0 Å². The van der Waals surface area contributed by atoms with Gasteiger partial charge in [0.05, 0.1) is 21.6 Å². The Morgan fingerprint density at radius 1 is 0.962 bits per heavy atom. The van der Waals surface area contributed by atoms with Gasteiger partial charge in [-0.25, -0.2) is 0 Å². The molecule has 0 amide bonds. The van der Waals surface area contributed by atoms with Crippen LogP contribution in [0.5, 0.6) is 0 Å².